The van der Waals surface area contributed by atoms with Gasteiger partial charge in [0.2, 0.25) is 11.8 Å². The number of primary amides is 1. The topological polar surface area (TPSA) is 101 Å². The van der Waals surface area contributed by atoms with E-state index in [9.17, 15) is 14.4 Å². The van der Waals surface area contributed by atoms with Crippen molar-refractivity contribution in [3.8, 4) is 0 Å². The van der Waals surface area contributed by atoms with Crippen LogP contribution in [0.5, 0.6) is 0 Å². The van der Waals surface area contributed by atoms with E-state index in [4.69, 9.17) is 17.3 Å². The van der Waals surface area contributed by atoms with Crippen LogP contribution in [0.25, 0.3) is 0 Å². The highest BCUT2D eigenvalue weighted by atomic mass is 35.5. The zero-order valence-electron chi connectivity index (χ0n) is 13.4. The zero-order valence-corrected chi connectivity index (χ0v) is 14.1. The zero-order chi connectivity index (χ0) is 18.2. The van der Waals surface area contributed by atoms with Crippen molar-refractivity contribution in [1.82, 2.24) is 10.6 Å². The number of nitrogens with two attached hydrogens (primary N) is 1. The number of hydrogen-bond donors (Lipinski definition) is 3. The van der Waals surface area contributed by atoms with Gasteiger partial charge < -0.3 is 16.4 Å². The number of carbonyl (C=O) groups is 3. The fourth-order valence-corrected chi connectivity index (χ4v) is 2.43. The molecule has 4 N–H and O–H groups in total. The summed E-state index contributed by atoms with van der Waals surface area (Å²) < 4.78 is 0. The Labute approximate surface area is 150 Å². The Morgan fingerprint density at radius 3 is 2.40 bits per heavy atom. The monoisotopic (exact) mass is 359 g/mol. The van der Waals surface area contributed by atoms with E-state index >= 15 is 0 Å². The Bertz CT molecular complexity index is 765. The molecule has 7 heteroatoms. The molecule has 0 saturated heterocycles. The van der Waals surface area contributed by atoms with Crippen LogP contribution < -0.4 is 16.4 Å². The molecule has 0 heterocycles. The minimum Gasteiger partial charge on any atom is -0.368 e. The average Bonchev–Trinajstić information content (AvgIpc) is 2.60. The van der Waals surface area contributed by atoms with E-state index in [1.54, 1.807) is 54.6 Å². The summed E-state index contributed by atoms with van der Waals surface area (Å²) in [6.07, 6.45) is 0.217. The summed E-state index contributed by atoms with van der Waals surface area (Å²) in [6, 6.07) is 14.6. The third kappa shape index (κ3) is 5.93. The smallest absolute Gasteiger partial charge is 0.251 e. The van der Waals surface area contributed by atoms with Crippen LogP contribution in [0.3, 0.4) is 0 Å². The Morgan fingerprint density at radius 2 is 1.76 bits per heavy atom. The third-order valence-corrected chi connectivity index (χ3v) is 3.69. The first-order valence-corrected chi connectivity index (χ1v) is 8.00. The van der Waals surface area contributed by atoms with Gasteiger partial charge in [0.15, 0.2) is 0 Å². The number of halogens is 1. The predicted molar refractivity (Wildman–Crippen MR) is 95.1 cm³/mol. The van der Waals surface area contributed by atoms with Crippen molar-refractivity contribution in [3.63, 3.8) is 0 Å². The summed E-state index contributed by atoms with van der Waals surface area (Å²) >= 11 is 5.91. The largest absolute Gasteiger partial charge is 0.368 e. The molecule has 0 aliphatic rings. The van der Waals surface area contributed by atoms with Crippen LogP contribution in [0.2, 0.25) is 5.02 Å². The van der Waals surface area contributed by atoms with Crippen molar-refractivity contribution < 1.29 is 14.4 Å². The second-order valence-corrected chi connectivity index (χ2v) is 5.84. The van der Waals surface area contributed by atoms with Gasteiger partial charge in [0.05, 0.1) is 6.54 Å². The molecule has 0 spiro atoms. The summed E-state index contributed by atoms with van der Waals surface area (Å²) in [5.74, 6) is -1.54. The Balaban J connectivity index is 1.89. The SMILES string of the molecule is NC(=O)[C@H](Cc1cccc(Cl)c1)NC(=O)CNC(=O)c1ccccc1. The highest BCUT2D eigenvalue weighted by Gasteiger charge is 2.19. The van der Waals surface area contributed by atoms with Gasteiger partial charge in [-0.2, -0.15) is 0 Å². The first kappa shape index (κ1) is 18.5. The molecule has 0 radical (unpaired) electrons. The summed E-state index contributed by atoms with van der Waals surface area (Å²) in [5, 5.41) is 5.54. The van der Waals surface area contributed by atoms with Crippen LogP contribution in [-0.2, 0) is 16.0 Å². The molecular weight excluding hydrogens is 342 g/mol. The van der Waals surface area contributed by atoms with Gasteiger partial charge in [0.1, 0.15) is 6.04 Å². The van der Waals surface area contributed by atoms with Crippen molar-refractivity contribution in [1.29, 1.82) is 0 Å². The second-order valence-electron chi connectivity index (χ2n) is 5.41. The minimum atomic E-state index is -0.889. The Morgan fingerprint density at radius 1 is 1.04 bits per heavy atom. The summed E-state index contributed by atoms with van der Waals surface area (Å²) in [5.41, 5.74) is 6.56. The standard InChI is InChI=1S/C18H18ClN3O3/c19-14-8-4-5-12(9-14)10-15(17(20)24)22-16(23)11-21-18(25)13-6-2-1-3-7-13/h1-9,15H,10-11H2,(H2,20,24)(H,21,25)(H,22,23)/t15-/m0/s1. The molecular formula is C18H18ClN3O3. The lowest BCUT2D eigenvalue weighted by molar-refractivity contribution is -0.126. The third-order valence-electron chi connectivity index (χ3n) is 3.45. The van der Waals surface area contributed by atoms with E-state index in [0.29, 0.717) is 10.6 Å². The van der Waals surface area contributed by atoms with E-state index < -0.39 is 17.9 Å². The normalized spacial score (nSPS) is 11.4. The number of carbonyl (C=O) groups excluding carboxylic acids is 3. The number of benzene rings is 2. The molecule has 0 aliphatic heterocycles. The molecule has 2 rings (SSSR count). The molecule has 0 aromatic heterocycles. The second kappa shape index (κ2) is 8.84. The van der Waals surface area contributed by atoms with Gasteiger partial charge in [-0.3, -0.25) is 14.4 Å². The van der Waals surface area contributed by atoms with Crippen LogP contribution >= 0.6 is 11.6 Å². The molecule has 130 valence electrons. The van der Waals surface area contributed by atoms with Gasteiger partial charge in [0.25, 0.3) is 5.91 Å². The van der Waals surface area contributed by atoms with Crippen LogP contribution in [0.15, 0.2) is 54.6 Å². The van der Waals surface area contributed by atoms with Crippen molar-refractivity contribution in [2.45, 2.75) is 12.5 Å². The predicted octanol–water partition coefficient (Wildman–Crippen LogP) is 1.28. The fourth-order valence-electron chi connectivity index (χ4n) is 2.22. The molecule has 1 atom stereocenters. The van der Waals surface area contributed by atoms with Gasteiger partial charge >= 0.3 is 0 Å². The lowest BCUT2D eigenvalue weighted by Gasteiger charge is -2.16. The Hall–Kier alpha value is -2.86. The maximum Gasteiger partial charge on any atom is 0.251 e. The summed E-state index contributed by atoms with van der Waals surface area (Å²) in [7, 11) is 0. The Kier molecular flexibility index (Phi) is 6.54. The van der Waals surface area contributed by atoms with Crippen LogP contribution in [0.4, 0.5) is 0 Å². The number of nitrogens with one attached hydrogen (secondary N) is 2. The quantitative estimate of drug-likeness (QED) is 0.694. The lowest BCUT2D eigenvalue weighted by atomic mass is 10.1. The maximum absolute atomic E-state index is 12.0. The molecule has 0 aliphatic carbocycles. The van der Waals surface area contributed by atoms with Gasteiger partial charge in [-0.25, -0.2) is 0 Å². The van der Waals surface area contributed by atoms with Crippen molar-refractivity contribution in [2.75, 3.05) is 6.54 Å². The molecule has 2 aromatic carbocycles. The van der Waals surface area contributed by atoms with Gasteiger partial charge in [-0.05, 0) is 29.8 Å². The van der Waals surface area contributed by atoms with Crippen LogP contribution in [0, 0.1) is 0 Å². The van der Waals surface area contributed by atoms with Crippen molar-refractivity contribution in [2.24, 2.45) is 5.73 Å². The van der Waals surface area contributed by atoms with Crippen LogP contribution in [-0.4, -0.2) is 30.3 Å². The molecule has 25 heavy (non-hydrogen) atoms. The molecule has 0 bridgehead atoms. The number of rotatable bonds is 7. The summed E-state index contributed by atoms with van der Waals surface area (Å²) in [6.45, 7) is -0.257. The first-order valence-electron chi connectivity index (χ1n) is 7.62. The van der Waals surface area contributed by atoms with E-state index in [2.05, 4.69) is 10.6 Å². The molecule has 0 saturated carbocycles. The number of hydrogen-bond acceptors (Lipinski definition) is 3. The molecule has 2 aromatic rings. The molecule has 6 nitrogen and oxygen atoms in total. The van der Waals surface area contributed by atoms with E-state index in [1.807, 2.05) is 0 Å². The highest BCUT2D eigenvalue weighted by molar-refractivity contribution is 6.30. The lowest BCUT2D eigenvalue weighted by Crippen LogP contribution is -2.49. The minimum absolute atomic E-state index is 0.217. The van der Waals surface area contributed by atoms with Crippen molar-refractivity contribution >= 4 is 29.3 Å². The van der Waals surface area contributed by atoms with E-state index in [-0.39, 0.29) is 18.9 Å². The molecule has 0 unspecified atom stereocenters. The average molecular weight is 360 g/mol. The molecule has 0 fully saturated rings. The fraction of sp³-hybridized carbons (Fsp3) is 0.167. The highest BCUT2D eigenvalue weighted by Crippen LogP contribution is 2.12. The number of amides is 3. The summed E-state index contributed by atoms with van der Waals surface area (Å²) in [4.78, 5) is 35.5. The van der Waals surface area contributed by atoms with Gasteiger partial charge in [-0.1, -0.05) is 41.9 Å². The molecule has 3 amide bonds. The van der Waals surface area contributed by atoms with Gasteiger partial charge in [0, 0.05) is 17.0 Å². The van der Waals surface area contributed by atoms with Gasteiger partial charge in [-0.15, -0.1) is 0 Å². The van der Waals surface area contributed by atoms with E-state index in [1.165, 1.54) is 0 Å². The maximum atomic E-state index is 12.0. The van der Waals surface area contributed by atoms with E-state index in [0.717, 1.165) is 5.56 Å². The first-order chi connectivity index (χ1) is 12.0. The van der Waals surface area contributed by atoms with Crippen LogP contribution in [0.1, 0.15) is 15.9 Å². The van der Waals surface area contributed by atoms with Crippen molar-refractivity contribution in [3.05, 3.63) is 70.7 Å².